The molecule has 20 heavy (non-hydrogen) atoms. The molecule has 2 aliphatic carbocycles. The first-order valence-electron chi connectivity index (χ1n) is 8.14. The summed E-state index contributed by atoms with van der Waals surface area (Å²) < 4.78 is 0. The topological polar surface area (TPSA) is 12.9 Å². The fourth-order valence-electron chi connectivity index (χ4n) is 4.44. The van der Waals surface area contributed by atoms with Crippen LogP contribution in [0.15, 0.2) is 24.3 Å². The molecule has 2 saturated carbocycles. The van der Waals surface area contributed by atoms with Crippen LogP contribution in [0, 0.1) is 12.8 Å². The third-order valence-corrected chi connectivity index (χ3v) is 5.64. The molecule has 1 nitrogen and oxygen atoms in total. The molecule has 0 saturated heterocycles. The summed E-state index contributed by atoms with van der Waals surface area (Å²) in [5, 5.41) is 1.39. The van der Waals surface area contributed by atoms with Crippen LogP contribution < -0.4 is 0 Å². The molecule has 1 aromatic carbocycles. The SMILES string of the molecule is CCc1cc(C)nc2ccc(C34CCCCC3C4)cc12. The van der Waals surface area contributed by atoms with Crippen LogP contribution in [-0.4, -0.2) is 4.98 Å². The first-order chi connectivity index (χ1) is 9.73. The molecule has 0 N–H and O–H groups in total. The van der Waals surface area contributed by atoms with Crippen molar-refractivity contribution < 1.29 is 0 Å². The number of benzene rings is 1. The minimum absolute atomic E-state index is 0.544. The zero-order valence-electron chi connectivity index (χ0n) is 12.6. The van der Waals surface area contributed by atoms with Gasteiger partial charge < -0.3 is 0 Å². The van der Waals surface area contributed by atoms with Crippen LogP contribution in [0.25, 0.3) is 10.9 Å². The second-order valence-corrected chi connectivity index (χ2v) is 6.81. The first-order valence-corrected chi connectivity index (χ1v) is 8.14. The van der Waals surface area contributed by atoms with Gasteiger partial charge in [-0.05, 0) is 73.3 Å². The maximum Gasteiger partial charge on any atom is 0.0708 e. The number of rotatable bonds is 2. The van der Waals surface area contributed by atoms with E-state index in [0.29, 0.717) is 5.41 Å². The number of aryl methyl sites for hydroxylation is 2. The van der Waals surface area contributed by atoms with Crippen molar-refractivity contribution in [1.29, 1.82) is 0 Å². The van der Waals surface area contributed by atoms with E-state index in [1.807, 2.05) is 0 Å². The third kappa shape index (κ3) is 1.72. The van der Waals surface area contributed by atoms with E-state index in [1.165, 1.54) is 48.6 Å². The molecular formula is C19H23N. The second-order valence-electron chi connectivity index (χ2n) is 6.81. The van der Waals surface area contributed by atoms with E-state index in [-0.39, 0.29) is 0 Å². The zero-order valence-corrected chi connectivity index (χ0v) is 12.6. The smallest absolute Gasteiger partial charge is 0.0708 e. The van der Waals surface area contributed by atoms with Gasteiger partial charge in [-0.15, -0.1) is 0 Å². The maximum atomic E-state index is 4.71. The summed E-state index contributed by atoms with van der Waals surface area (Å²) in [4.78, 5) is 4.71. The zero-order chi connectivity index (χ0) is 13.7. The lowest BCUT2D eigenvalue weighted by molar-refractivity contribution is 0.429. The van der Waals surface area contributed by atoms with E-state index < -0.39 is 0 Å². The van der Waals surface area contributed by atoms with Gasteiger partial charge in [0.2, 0.25) is 0 Å². The van der Waals surface area contributed by atoms with Crippen molar-refractivity contribution in [2.45, 2.75) is 57.8 Å². The minimum atomic E-state index is 0.544. The van der Waals surface area contributed by atoms with Crippen LogP contribution in [0.3, 0.4) is 0 Å². The molecule has 1 heterocycles. The van der Waals surface area contributed by atoms with Crippen LogP contribution in [0.1, 0.15) is 55.8 Å². The Bertz CT molecular complexity index is 673. The van der Waals surface area contributed by atoms with E-state index in [9.17, 15) is 0 Å². The fraction of sp³-hybridized carbons (Fsp3) is 0.526. The Labute approximate surface area is 121 Å². The summed E-state index contributed by atoms with van der Waals surface area (Å²) in [5.41, 5.74) is 5.91. The Hall–Kier alpha value is -1.37. The largest absolute Gasteiger partial charge is 0.253 e. The molecule has 0 amide bonds. The van der Waals surface area contributed by atoms with E-state index in [0.717, 1.165) is 18.0 Å². The predicted octanol–water partition coefficient (Wildman–Crippen LogP) is 4.94. The van der Waals surface area contributed by atoms with Crippen molar-refractivity contribution in [3.63, 3.8) is 0 Å². The lowest BCUT2D eigenvalue weighted by Gasteiger charge is -2.23. The number of aromatic nitrogens is 1. The Morgan fingerprint density at radius 3 is 2.95 bits per heavy atom. The van der Waals surface area contributed by atoms with Crippen LogP contribution in [0.4, 0.5) is 0 Å². The summed E-state index contributed by atoms with van der Waals surface area (Å²) in [6, 6.07) is 9.34. The molecule has 2 atom stereocenters. The van der Waals surface area contributed by atoms with Crippen LogP contribution in [-0.2, 0) is 11.8 Å². The number of fused-ring (bicyclic) bond motifs is 2. The highest BCUT2D eigenvalue weighted by Crippen LogP contribution is 2.62. The van der Waals surface area contributed by atoms with Gasteiger partial charge in [0.05, 0.1) is 5.52 Å². The average molecular weight is 265 g/mol. The van der Waals surface area contributed by atoms with Crippen LogP contribution in [0.5, 0.6) is 0 Å². The molecule has 0 radical (unpaired) electrons. The minimum Gasteiger partial charge on any atom is -0.253 e. The van der Waals surface area contributed by atoms with Gasteiger partial charge in [0.1, 0.15) is 0 Å². The molecule has 1 aromatic heterocycles. The van der Waals surface area contributed by atoms with Crippen molar-refractivity contribution in [2.24, 2.45) is 5.92 Å². The summed E-state index contributed by atoms with van der Waals surface area (Å²) in [6.45, 7) is 4.35. The third-order valence-electron chi connectivity index (χ3n) is 5.64. The molecule has 2 unspecified atom stereocenters. The van der Waals surface area contributed by atoms with Crippen molar-refractivity contribution in [3.8, 4) is 0 Å². The highest BCUT2D eigenvalue weighted by molar-refractivity contribution is 5.83. The quantitative estimate of drug-likeness (QED) is 0.749. The molecular weight excluding hydrogens is 242 g/mol. The van der Waals surface area contributed by atoms with Crippen molar-refractivity contribution in [1.82, 2.24) is 4.98 Å². The maximum absolute atomic E-state index is 4.71. The summed E-state index contributed by atoms with van der Waals surface area (Å²) >= 11 is 0. The van der Waals surface area contributed by atoms with Crippen LogP contribution >= 0.6 is 0 Å². The van der Waals surface area contributed by atoms with Gasteiger partial charge in [-0.25, -0.2) is 0 Å². The van der Waals surface area contributed by atoms with Gasteiger partial charge >= 0.3 is 0 Å². The van der Waals surface area contributed by atoms with E-state index in [1.54, 1.807) is 5.56 Å². The predicted molar refractivity (Wildman–Crippen MR) is 84.1 cm³/mol. The molecule has 1 heteroatoms. The Morgan fingerprint density at radius 1 is 1.25 bits per heavy atom. The molecule has 2 fully saturated rings. The second kappa shape index (κ2) is 4.31. The Morgan fingerprint density at radius 2 is 2.15 bits per heavy atom. The molecule has 2 aromatic rings. The van der Waals surface area contributed by atoms with Gasteiger partial charge in [0.15, 0.2) is 0 Å². The van der Waals surface area contributed by atoms with Gasteiger partial charge in [-0.1, -0.05) is 25.8 Å². The average Bonchev–Trinajstić information content (AvgIpc) is 3.21. The van der Waals surface area contributed by atoms with Crippen molar-refractivity contribution in [3.05, 3.63) is 41.1 Å². The molecule has 0 aliphatic heterocycles. The first kappa shape index (κ1) is 12.4. The summed E-state index contributed by atoms with van der Waals surface area (Å²) in [7, 11) is 0. The van der Waals surface area contributed by atoms with Gasteiger partial charge in [0, 0.05) is 11.1 Å². The summed E-state index contributed by atoms with van der Waals surface area (Å²) in [5.74, 6) is 0.970. The molecule has 4 rings (SSSR count). The normalized spacial score (nSPS) is 28.4. The standard InChI is InChI=1S/C19H23N/c1-3-14-10-13(2)20-18-8-7-15(11-17(14)18)19-9-5-4-6-16(19)12-19/h7-8,10-11,16H,3-6,9,12H2,1-2H3. The molecule has 0 bridgehead atoms. The van der Waals surface area contributed by atoms with Gasteiger partial charge in [-0.2, -0.15) is 0 Å². The number of nitrogens with zero attached hydrogens (tertiary/aromatic N) is 1. The lowest BCUT2D eigenvalue weighted by atomic mass is 9.82. The van der Waals surface area contributed by atoms with E-state index in [2.05, 4.69) is 38.1 Å². The fourth-order valence-corrected chi connectivity index (χ4v) is 4.44. The van der Waals surface area contributed by atoms with Crippen LogP contribution in [0.2, 0.25) is 0 Å². The van der Waals surface area contributed by atoms with E-state index >= 15 is 0 Å². The Kier molecular flexibility index (Phi) is 2.67. The van der Waals surface area contributed by atoms with E-state index in [4.69, 9.17) is 4.98 Å². The summed E-state index contributed by atoms with van der Waals surface area (Å²) in [6.07, 6.45) is 8.25. The highest BCUT2D eigenvalue weighted by atomic mass is 14.7. The van der Waals surface area contributed by atoms with Gasteiger partial charge in [0.25, 0.3) is 0 Å². The van der Waals surface area contributed by atoms with Gasteiger partial charge in [-0.3, -0.25) is 4.98 Å². The lowest BCUT2D eigenvalue weighted by Crippen LogP contribution is -2.14. The monoisotopic (exact) mass is 265 g/mol. The van der Waals surface area contributed by atoms with Crippen molar-refractivity contribution >= 4 is 10.9 Å². The molecule has 0 spiro atoms. The number of pyridine rings is 1. The number of hydrogen-bond donors (Lipinski definition) is 0. The number of hydrogen-bond acceptors (Lipinski definition) is 1. The molecule has 2 aliphatic rings. The molecule has 104 valence electrons. The highest BCUT2D eigenvalue weighted by Gasteiger charge is 2.55. The Balaban J connectivity index is 1.85. The van der Waals surface area contributed by atoms with Crippen molar-refractivity contribution in [2.75, 3.05) is 0 Å².